The second-order valence-corrected chi connectivity index (χ2v) is 6.40. The molecule has 7 heteroatoms. The van der Waals surface area contributed by atoms with Crippen LogP contribution in [0.1, 0.15) is 5.82 Å². The Bertz CT molecular complexity index is 1010. The number of benzene rings is 2. The van der Waals surface area contributed by atoms with Gasteiger partial charge in [0.05, 0.1) is 23.2 Å². The number of aliphatic hydroxyl groups excluding tert-OH is 1. The Morgan fingerprint density at radius 1 is 1.25 bits per heavy atom. The van der Waals surface area contributed by atoms with Crippen molar-refractivity contribution in [2.75, 3.05) is 11.4 Å². The summed E-state index contributed by atoms with van der Waals surface area (Å²) in [4.78, 5) is 9.03. The number of fused-ring (bicyclic) bond motifs is 1. The van der Waals surface area contributed by atoms with Crippen LogP contribution < -0.4 is 4.90 Å². The van der Waals surface area contributed by atoms with Crippen LogP contribution in [-0.2, 0) is 0 Å². The van der Waals surface area contributed by atoms with Gasteiger partial charge in [-0.2, -0.15) is 0 Å². The van der Waals surface area contributed by atoms with Crippen LogP contribution in [0.4, 0.5) is 10.1 Å². The van der Waals surface area contributed by atoms with Gasteiger partial charge in [0, 0.05) is 10.2 Å². The highest BCUT2D eigenvalue weighted by Crippen LogP contribution is 2.31. The van der Waals surface area contributed by atoms with E-state index in [0.29, 0.717) is 22.4 Å². The molecule has 0 spiro atoms. The van der Waals surface area contributed by atoms with Crippen molar-refractivity contribution in [2.24, 2.45) is 0 Å². The van der Waals surface area contributed by atoms with E-state index in [2.05, 4.69) is 25.9 Å². The minimum Gasteiger partial charge on any atom is -0.509 e. The summed E-state index contributed by atoms with van der Waals surface area (Å²) in [5.41, 5.74) is 2.23. The first-order valence-corrected chi connectivity index (χ1v) is 8.02. The number of aromatic amines is 1. The molecule has 0 amide bonds. The maximum atomic E-state index is 13.3. The first kappa shape index (κ1) is 14.9. The number of nitrogens with zero attached hydrogens (tertiary/aromatic N) is 2. The van der Waals surface area contributed by atoms with Crippen molar-refractivity contribution < 1.29 is 9.50 Å². The molecule has 0 bridgehead atoms. The fourth-order valence-electron chi connectivity index (χ4n) is 2.79. The van der Waals surface area contributed by atoms with Crippen LogP contribution in [0.5, 0.6) is 0 Å². The molecule has 5 nitrogen and oxygen atoms in total. The van der Waals surface area contributed by atoms with Crippen molar-refractivity contribution in [3.8, 4) is 0 Å². The zero-order valence-electron chi connectivity index (χ0n) is 12.3. The fraction of sp³-hybridized carbons (Fsp3) is 0.0588. The van der Waals surface area contributed by atoms with Crippen molar-refractivity contribution in [3.63, 3.8) is 0 Å². The molecule has 0 atom stereocenters. The molecule has 1 aromatic heterocycles. The molecular formula is C17H12BrFN4O. The lowest BCUT2D eigenvalue weighted by atomic mass is 10.2. The third-order valence-electron chi connectivity index (χ3n) is 3.90. The normalized spacial score (nSPS) is 14.9. The van der Waals surface area contributed by atoms with Gasteiger partial charge in [-0.25, -0.2) is 9.37 Å². The number of H-pyrrole nitrogens is 1. The number of anilines is 1. The van der Waals surface area contributed by atoms with E-state index in [1.165, 1.54) is 12.1 Å². The Morgan fingerprint density at radius 3 is 2.88 bits per heavy atom. The van der Waals surface area contributed by atoms with Gasteiger partial charge in [-0.05, 0) is 36.4 Å². The summed E-state index contributed by atoms with van der Waals surface area (Å²) in [7, 11) is 0. The minimum absolute atomic E-state index is 0.0551. The number of nitrogens with one attached hydrogen (secondary N) is 2. The molecule has 2 heterocycles. The molecule has 0 radical (unpaired) electrons. The van der Waals surface area contributed by atoms with Gasteiger partial charge in [0.1, 0.15) is 23.2 Å². The molecule has 3 N–H and O–H groups in total. The third-order valence-corrected chi connectivity index (χ3v) is 4.40. The summed E-state index contributed by atoms with van der Waals surface area (Å²) in [6.45, 7) is 0.191. The number of hydrogen-bond donors (Lipinski definition) is 3. The van der Waals surface area contributed by atoms with Crippen LogP contribution in [0.3, 0.4) is 0 Å². The van der Waals surface area contributed by atoms with E-state index in [1.807, 2.05) is 24.3 Å². The Hall–Kier alpha value is -2.67. The molecule has 0 unspecified atom stereocenters. The Morgan fingerprint density at radius 2 is 2.08 bits per heavy atom. The largest absolute Gasteiger partial charge is 0.509 e. The molecule has 120 valence electrons. The summed E-state index contributed by atoms with van der Waals surface area (Å²) in [6, 6.07) is 11.7. The summed E-state index contributed by atoms with van der Waals surface area (Å²) in [6.07, 6.45) is 0. The number of amidine groups is 1. The first-order chi connectivity index (χ1) is 11.5. The van der Waals surface area contributed by atoms with E-state index in [1.54, 1.807) is 11.0 Å². The molecule has 1 aliphatic heterocycles. The van der Waals surface area contributed by atoms with E-state index >= 15 is 0 Å². The molecule has 24 heavy (non-hydrogen) atoms. The SMILES string of the molecule is N=C1C(c2nc3ccc(F)cc3[nH]2)=C(O)CN1c1cccc(Br)c1. The van der Waals surface area contributed by atoms with E-state index in [-0.39, 0.29) is 24.0 Å². The number of rotatable bonds is 2. The highest BCUT2D eigenvalue weighted by molar-refractivity contribution is 9.10. The van der Waals surface area contributed by atoms with Crippen molar-refractivity contribution in [1.29, 1.82) is 5.41 Å². The maximum absolute atomic E-state index is 13.3. The van der Waals surface area contributed by atoms with E-state index < -0.39 is 0 Å². The highest BCUT2D eigenvalue weighted by Gasteiger charge is 2.31. The van der Waals surface area contributed by atoms with Crippen molar-refractivity contribution in [2.45, 2.75) is 0 Å². The van der Waals surface area contributed by atoms with Crippen LogP contribution in [0.2, 0.25) is 0 Å². The van der Waals surface area contributed by atoms with Gasteiger partial charge in [0.25, 0.3) is 0 Å². The lowest BCUT2D eigenvalue weighted by Crippen LogP contribution is -2.26. The third kappa shape index (κ3) is 2.37. The lowest BCUT2D eigenvalue weighted by molar-refractivity contribution is 0.411. The second-order valence-electron chi connectivity index (χ2n) is 5.48. The minimum atomic E-state index is -0.367. The number of aliphatic hydroxyl groups is 1. The topological polar surface area (TPSA) is 76.0 Å². The first-order valence-electron chi connectivity index (χ1n) is 7.23. The average molecular weight is 387 g/mol. The van der Waals surface area contributed by atoms with Gasteiger partial charge >= 0.3 is 0 Å². The number of aromatic nitrogens is 2. The van der Waals surface area contributed by atoms with E-state index in [4.69, 9.17) is 5.41 Å². The molecular weight excluding hydrogens is 375 g/mol. The lowest BCUT2D eigenvalue weighted by Gasteiger charge is -2.18. The van der Waals surface area contributed by atoms with E-state index in [9.17, 15) is 9.50 Å². The van der Waals surface area contributed by atoms with Gasteiger partial charge < -0.3 is 15.0 Å². The molecule has 0 aliphatic carbocycles. The Kier molecular flexibility index (Phi) is 3.38. The van der Waals surface area contributed by atoms with E-state index in [0.717, 1.165) is 10.2 Å². The van der Waals surface area contributed by atoms with Crippen molar-refractivity contribution in [3.05, 3.63) is 64.3 Å². The van der Waals surface area contributed by atoms with Gasteiger partial charge in [0.2, 0.25) is 0 Å². The van der Waals surface area contributed by atoms with Crippen LogP contribution in [0.15, 0.2) is 52.7 Å². The quantitative estimate of drug-likeness (QED) is 0.616. The van der Waals surface area contributed by atoms with Gasteiger partial charge in [0.15, 0.2) is 0 Å². The second kappa shape index (κ2) is 5.45. The highest BCUT2D eigenvalue weighted by atomic mass is 79.9. The van der Waals surface area contributed by atoms with Crippen LogP contribution in [0.25, 0.3) is 16.6 Å². The molecule has 0 saturated heterocycles. The number of halogens is 2. The summed E-state index contributed by atoms with van der Waals surface area (Å²) >= 11 is 3.41. The summed E-state index contributed by atoms with van der Waals surface area (Å²) in [5.74, 6) is 0.188. The zero-order chi connectivity index (χ0) is 16.8. The molecule has 2 aromatic carbocycles. The molecule has 0 saturated carbocycles. The van der Waals surface area contributed by atoms with Crippen molar-refractivity contribution in [1.82, 2.24) is 9.97 Å². The molecule has 1 aliphatic rings. The molecule has 4 rings (SSSR count). The van der Waals surface area contributed by atoms with Gasteiger partial charge in [-0.1, -0.05) is 22.0 Å². The maximum Gasteiger partial charge on any atom is 0.145 e. The summed E-state index contributed by atoms with van der Waals surface area (Å²) < 4.78 is 14.2. The molecule has 0 fully saturated rings. The monoisotopic (exact) mass is 386 g/mol. The average Bonchev–Trinajstić information content (AvgIpc) is 3.07. The van der Waals surface area contributed by atoms with Gasteiger partial charge in [-0.3, -0.25) is 5.41 Å². The predicted molar refractivity (Wildman–Crippen MR) is 94.8 cm³/mol. The van der Waals surface area contributed by atoms with Crippen LogP contribution in [0, 0.1) is 11.2 Å². The smallest absolute Gasteiger partial charge is 0.145 e. The zero-order valence-corrected chi connectivity index (χ0v) is 13.9. The van der Waals surface area contributed by atoms with Crippen LogP contribution in [-0.4, -0.2) is 27.5 Å². The fourth-order valence-corrected chi connectivity index (χ4v) is 3.18. The Labute approximate surface area is 145 Å². The standard InChI is InChI=1S/C17H12BrFN4O/c18-9-2-1-3-11(6-9)23-8-14(24)15(16(23)20)17-21-12-5-4-10(19)7-13(12)22-17/h1-7,20,24H,8H2,(H,21,22). The Balaban J connectivity index is 1.74. The van der Waals surface area contributed by atoms with Gasteiger partial charge in [-0.15, -0.1) is 0 Å². The van der Waals surface area contributed by atoms with Crippen LogP contribution >= 0.6 is 15.9 Å². The number of imidazole rings is 1. The predicted octanol–water partition coefficient (Wildman–Crippen LogP) is 4.23. The molecule has 3 aromatic rings. The number of hydrogen-bond acceptors (Lipinski definition) is 3. The summed E-state index contributed by atoms with van der Waals surface area (Å²) in [5, 5.41) is 18.8. The van der Waals surface area contributed by atoms with Crippen molar-refractivity contribution >= 4 is 44.1 Å².